The maximum absolute atomic E-state index is 12.3. The van der Waals surface area contributed by atoms with Crippen molar-refractivity contribution in [3.63, 3.8) is 0 Å². The van der Waals surface area contributed by atoms with Crippen molar-refractivity contribution in [2.24, 2.45) is 10.9 Å². The zero-order valence-corrected chi connectivity index (χ0v) is 11.2. The lowest BCUT2D eigenvalue weighted by Gasteiger charge is -2.36. The van der Waals surface area contributed by atoms with Crippen LogP contribution in [-0.4, -0.2) is 59.8 Å². The number of nitrogens with two attached hydrogens (primary N) is 1. The van der Waals surface area contributed by atoms with Crippen LogP contribution in [0.4, 0.5) is 18.9 Å². The molecule has 1 aromatic heterocycles. The highest BCUT2D eigenvalue weighted by Crippen LogP contribution is 2.20. The number of amidine groups is 1. The number of halogens is 3. The number of alkyl halides is 3. The van der Waals surface area contributed by atoms with Gasteiger partial charge in [0.05, 0.1) is 6.54 Å². The Morgan fingerprint density at radius 1 is 1.33 bits per heavy atom. The SMILES string of the molecule is NC(=NO)c1cc(N2CCN(CC(F)(F)F)CC2)ccn1. The second kappa shape index (κ2) is 6.17. The van der Waals surface area contributed by atoms with Crippen LogP contribution in [0.1, 0.15) is 5.69 Å². The summed E-state index contributed by atoms with van der Waals surface area (Å²) >= 11 is 0. The Hall–Kier alpha value is -2.03. The lowest BCUT2D eigenvalue weighted by Crippen LogP contribution is -2.49. The molecule has 21 heavy (non-hydrogen) atoms. The van der Waals surface area contributed by atoms with Gasteiger partial charge in [-0.15, -0.1) is 0 Å². The van der Waals surface area contributed by atoms with E-state index in [9.17, 15) is 13.2 Å². The van der Waals surface area contributed by atoms with Gasteiger partial charge in [-0.3, -0.25) is 9.88 Å². The van der Waals surface area contributed by atoms with E-state index in [1.165, 1.54) is 11.1 Å². The molecule has 0 atom stereocenters. The molecule has 2 heterocycles. The predicted molar refractivity (Wildman–Crippen MR) is 71.5 cm³/mol. The zero-order valence-electron chi connectivity index (χ0n) is 11.2. The number of rotatable bonds is 3. The average Bonchev–Trinajstić information content (AvgIpc) is 2.45. The number of anilines is 1. The van der Waals surface area contributed by atoms with E-state index in [1.54, 1.807) is 12.1 Å². The molecular weight excluding hydrogens is 287 g/mol. The van der Waals surface area contributed by atoms with Crippen LogP contribution < -0.4 is 10.6 Å². The van der Waals surface area contributed by atoms with Crippen LogP contribution in [0.15, 0.2) is 23.5 Å². The average molecular weight is 303 g/mol. The predicted octanol–water partition coefficient (Wildman–Crippen LogP) is 0.860. The fraction of sp³-hybridized carbons (Fsp3) is 0.500. The molecule has 0 radical (unpaired) electrons. The third-order valence-corrected chi connectivity index (χ3v) is 3.25. The highest BCUT2D eigenvalue weighted by molar-refractivity contribution is 5.95. The lowest BCUT2D eigenvalue weighted by molar-refractivity contribution is -0.146. The normalized spacial score (nSPS) is 18.0. The summed E-state index contributed by atoms with van der Waals surface area (Å²) in [5, 5.41) is 11.5. The van der Waals surface area contributed by atoms with Crippen LogP contribution in [-0.2, 0) is 0 Å². The van der Waals surface area contributed by atoms with Crippen molar-refractivity contribution >= 4 is 11.5 Å². The smallest absolute Gasteiger partial charge is 0.401 e. The van der Waals surface area contributed by atoms with Crippen LogP contribution in [0, 0.1) is 0 Å². The van der Waals surface area contributed by atoms with Crippen molar-refractivity contribution in [1.29, 1.82) is 0 Å². The number of piperazine rings is 1. The van der Waals surface area contributed by atoms with Crippen molar-refractivity contribution in [3.05, 3.63) is 24.0 Å². The number of pyridine rings is 1. The van der Waals surface area contributed by atoms with Gasteiger partial charge in [-0.25, -0.2) is 0 Å². The van der Waals surface area contributed by atoms with Gasteiger partial charge in [-0.1, -0.05) is 5.16 Å². The number of nitrogens with zero attached hydrogens (tertiary/aromatic N) is 4. The highest BCUT2D eigenvalue weighted by Gasteiger charge is 2.32. The van der Waals surface area contributed by atoms with Gasteiger partial charge in [0.1, 0.15) is 5.69 Å². The second-order valence-corrected chi connectivity index (χ2v) is 4.76. The van der Waals surface area contributed by atoms with Crippen molar-refractivity contribution < 1.29 is 18.4 Å². The van der Waals surface area contributed by atoms with Gasteiger partial charge in [0, 0.05) is 38.1 Å². The van der Waals surface area contributed by atoms with Crippen molar-refractivity contribution in [2.45, 2.75) is 6.18 Å². The summed E-state index contributed by atoms with van der Waals surface area (Å²) in [6.45, 7) is 0.749. The molecule has 0 aliphatic carbocycles. The van der Waals surface area contributed by atoms with E-state index in [-0.39, 0.29) is 5.84 Å². The quantitative estimate of drug-likeness (QED) is 0.375. The first-order chi connectivity index (χ1) is 9.89. The Balaban J connectivity index is 1.99. The van der Waals surface area contributed by atoms with Crippen LogP contribution in [0.3, 0.4) is 0 Å². The third-order valence-electron chi connectivity index (χ3n) is 3.25. The minimum atomic E-state index is -4.17. The Morgan fingerprint density at radius 2 is 2.00 bits per heavy atom. The second-order valence-electron chi connectivity index (χ2n) is 4.76. The molecule has 1 aliphatic rings. The summed E-state index contributed by atoms with van der Waals surface area (Å²) in [5.41, 5.74) is 6.59. The fourth-order valence-corrected chi connectivity index (χ4v) is 2.23. The summed E-state index contributed by atoms with van der Waals surface area (Å²) in [4.78, 5) is 7.29. The van der Waals surface area contributed by atoms with Gasteiger partial charge >= 0.3 is 6.18 Å². The van der Waals surface area contributed by atoms with Gasteiger partial charge in [0.2, 0.25) is 0 Å². The van der Waals surface area contributed by atoms with E-state index in [0.717, 1.165) is 5.69 Å². The molecule has 2 rings (SSSR count). The molecule has 0 spiro atoms. The Kier molecular flexibility index (Phi) is 4.51. The largest absolute Gasteiger partial charge is 0.409 e. The molecule has 1 aliphatic heterocycles. The minimum Gasteiger partial charge on any atom is -0.409 e. The van der Waals surface area contributed by atoms with Gasteiger partial charge in [0.15, 0.2) is 5.84 Å². The molecule has 1 aromatic rings. The van der Waals surface area contributed by atoms with E-state index in [0.29, 0.717) is 31.9 Å². The molecule has 9 heteroatoms. The fourth-order valence-electron chi connectivity index (χ4n) is 2.23. The van der Waals surface area contributed by atoms with E-state index in [4.69, 9.17) is 10.9 Å². The van der Waals surface area contributed by atoms with E-state index >= 15 is 0 Å². The summed E-state index contributed by atoms with van der Waals surface area (Å²) in [6, 6.07) is 3.39. The standard InChI is InChI=1S/C12H16F3N5O/c13-12(14,15)8-19-3-5-20(6-4-19)9-1-2-17-10(7-9)11(16)18-21/h1-2,7,21H,3-6,8H2,(H2,16,18). The molecule has 1 saturated heterocycles. The van der Waals surface area contributed by atoms with Gasteiger partial charge in [0.25, 0.3) is 0 Å². The molecule has 6 nitrogen and oxygen atoms in total. The van der Waals surface area contributed by atoms with Crippen molar-refractivity contribution in [1.82, 2.24) is 9.88 Å². The van der Waals surface area contributed by atoms with Crippen LogP contribution in [0.2, 0.25) is 0 Å². The van der Waals surface area contributed by atoms with Crippen LogP contribution in [0.5, 0.6) is 0 Å². The Labute approximate surface area is 119 Å². The first kappa shape index (κ1) is 15.4. The molecule has 3 N–H and O–H groups in total. The van der Waals surface area contributed by atoms with Crippen molar-refractivity contribution in [2.75, 3.05) is 37.6 Å². The lowest BCUT2D eigenvalue weighted by atomic mass is 10.2. The first-order valence-corrected chi connectivity index (χ1v) is 6.37. The van der Waals surface area contributed by atoms with Gasteiger partial charge in [-0.2, -0.15) is 13.2 Å². The first-order valence-electron chi connectivity index (χ1n) is 6.37. The summed E-state index contributed by atoms with van der Waals surface area (Å²) < 4.78 is 37.0. The maximum Gasteiger partial charge on any atom is 0.401 e. The maximum atomic E-state index is 12.3. The minimum absolute atomic E-state index is 0.104. The highest BCUT2D eigenvalue weighted by atomic mass is 19.4. The summed E-state index contributed by atoms with van der Waals surface area (Å²) in [7, 11) is 0. The van der Waals surface area contributed by atoms with Crippen molar-refractivity contribution in [3.8, 4) is 0 Å². The molecule has 0 saturated carbocycles. The van der Waals surface area contributed by atoms with E-state index < -0.39 is 12.7 Å². The molecule has 0 amide bonds. The molecule has 0 unspecified atom stereocenters. The Bertz CT molecular complexity index is 512. The molecule has 1 fully saturated rings. The van der Waals surface area contributed by atoms with Gasteiger partial charge in [-0.05, 0) is 12.1 Å². The van der Waals surface area contributed by atoms with E-state index in [2.05, 4.69) is 10.1 Å². The number of oxime groups is 1. The topological polar surface area (TPSA) is 78.0 Å². The molecular formula is C12H16F3N5O. The summed E-state index contributed by atoms with van der Waals surface area (Å²) in [5.74, 6) is -0.104. The monoisotopic (exact) mass is 303 g/mol. The Morgan fingerprint density at radius 3 is 2.57 bits per heavy atom. The third kappa shape index (κ3) is 4.22. The zero-order chi connectivity index (χ0) is 15.5. The number of aromatic nitrogens is 1. The molecule has 0 aromatic carbocycles. The van der Waals surface area contributed by atoms with Crippen LogP contribution in [0.25, 0.3) is 0 Å². The van der Waals surface area contributed by atoms with E-state index in [1.807, 2.05) is 4.90 Å². The summed E-state index contributed by atoms with van der Waals surface area (Å²) in [6.07, 6.45) is -2.65. The molecule has 116 valence electrons. The molecule has 0 bridgehead atoms. The van der Waals surface area contributed by atoms with Crippen LogP contribution >= 0.6 is 0 Å². The van der Waals surface area contributed by atoms with Gasteiger partial charge < -0.3 is 15.8 Å². The number of hydrogen-bond donors (Lipinski definition) is 2. The number of hydrogen-bond acceptors (Lipinski definition) is 5.